The van der Waals surface area contributed by atoms with E-state index in [1.54, 1.807) is 7.11 Å². The molecule has 0 radical (unpaired) electrons. The Balaban J connectivity index is 0.00000242. The van der Waals surface area contributed by atoms with Crippen LogP contribution < -0.4 is 10.6 Å². The van der Waals surface area contributed by atoms with Crippen molar-refractivity contribution >= 4 is 41.7 Å². The number of rotatable bonds is 5. The molecule has 2 rings (SSSR count). The van der Waals surface area contributed by atoms with Gasteiger partial charge in [0.25, 0.3) is 0 Å². The lowest BCUT2D eigenvalue weighted by Crippen LogP contribution is -2.52. The Bertz CT molecular complexity index is 352. The molecule has 130 valence electrons. The van der Waals surface area contributed by atoms with Gasteiger partial charge in [-0.05, 0) is 25.5 Å². The Morgan fingerprint density at radius 3 is 2.64 bits per heavy atom. The van der Waals surface area contributed by atoms with Crippen molar-refractivity contribution in [1.29, 1.82) is 0 Å². The molecule has 2 N–H and O–H groups in total. The highest BCUT2D eigenvalue weighted by molar-refractivity contribution is 14.0. The number of aliphatic imine (C=N–C) groups is 1. The fourth-order valence-electron chi connectivity index (χ4n) is 3.11. The van der Waals surface area contributed by atoms with E-state index in [0.717, 1.165) is 43.8 Å². The summed E-state index contributed by atoms with van der Waals surface area (Å²) in [5.74, 6) is 0.893. The first-order valence-electron chi connectivity index (χ1n) is 7.84. The molecule has 0 spiro atoms. The normalized spacial score (nSPS) is 28.0. The van der Waals surface area contributed by atoms with Crippen LogP contribution in [0.5, 0.6) is 0 Å². The third-order valence-electron chi connectivity index (χ3n) is 4.70. The van der Waals surface area contributed by atoms with Crippen molar-refractivity contribution in [2.45, 2.75) is 49.0 Å². The molecular weight excluding hydrogens is 413 g/mol. The highest BCUT2D eigenvalue weighted by Gasteiger charge is 2.33. The maximum Gasteiger partial charge on any atom is 0.191 e. The molecule has 1 heterocycles. The minimum atomic E-state index is -0.118. The minimum absolute atomic E-state index is 0. The molecule has 2 aliphatic rings. The number of ether oxygens (including phenoxy) is 2. The van der Waals surface area contributed by atoms with Crippen LogP contribution in [0, 0.1) is 0 Å². The van der Waals surface area contributed by atoms with E-state index in [-0.39, 0.29) is 29.6 Å². The molecule has 0 aromatic heterocycles. The summed E-state index contributed by atoms with van der Waals surface area (Å²) in [7, 11) is 3.63. The van der Waals surface area contributed by atoms with Gasteiger partial charge < -0.3 is 20.1 Å². The maximum absolute atomic E-state index is 5.75. The number of nitrogens with zero attached hydrogens (tertiary/aromatic N) is 1. The van der Waals surface area contributed by atoms with E-state index in [1.807, 2.05) is 18.8 Å². The van der Waals surface area contributed by atoms with Crippen LogP contribution in [0.1, 0.15) is 32.1 Å². The zero-order valence-electron chi connectivity index (χ0n) is 13.9. The van der Waals surface area contributed by atoms with Gasteiger partial charge in [-0.15, -0.1) is 24.0 Å². The number of thioether (sulfide) groups is 1. The van der Waals surface area contributed by atoms with E-state index in [2.05, 4.69) is 21.9 Å². The van der Waals surface area contributed by atoms with Gasteiger partial charge in [0.1, 0.15) is 0 Å². The Kier molecular flexibility index (Phi) is 9.42. The van der Waals surface area contributed by atoms with Crippen molar-refractivity contribution < 1.29 is 9.47 Å². The second kappa shape index (κ2) is 10.2. The van der Waals surface area contributed by atoms with Crippen LogP contribution >= 0.6 is 35.7 Å². The van der Waals surface area contributed by atoms with Crippen molar-refractivity contribution in [2.75, 3.05) is 40.2 Å². The SMILES string of the molecule is CN=C(NCC1(OC)CCOCC1)NC1CCC(SC)C1.I. The van der Waals surface area contributed by atoms with Crippen molar-refractivity contribution in [3.8, 4) is 0 Å². The second-order valence-electron chi connectivity index (χ2n) is 5.94. The molecule has 1 saturated carbocycles. The number of nitrogens with one attached hydrogen (secondary N) is 2. The highest BCUT2D eigenvalue weighted by atomic mass is 127. The van der Waals surface area contributed by atoms with Crippen LogP contribution in [0.2, 0.25) is 0 Å². The van der Waals surface area contributed by atoms with E-state index in [4.69, 9.17) is 9.47 Å². The smallest absolute Gasteiger partial charge is 0.191 e. The van der Waals surface area contributed by atoms with E-state index < -0.39 is 0 Å². The molecule has 0 aromatic carbocycles. The van der Waals surface area contributed by atoms with Crippen LogP contribution in [0.4, 0.5) is 0 Å². The summed E-state index contributed by atoms with van der Waals surface area (Å²) in [6, 6.07) is 0.543. The quantitative estimate of drug-likeness (QED) is 0.388. The van der Waals surface area contributed by atoms with Crippen LogP contribution in [-0.4, -0.2) is 63.0 Å². The summed E-state index contributed by atoms with van der Waals surface area (Å²) in [5.41, 5.74) is -0.118. The first-order chi connectivity index (χ1) is 10.2. The van der Waals surface area contributed by atoms with Gasteiger partial charge >= 0.3 is 0 Å². The van der Waals surface area contributed by atoms with Crippen molar-refractivity contribution in [3.63, 3.8) is 0 Å². The van der Waals surface area contributed by atoms with Crippen molar-refractivity contribution in [2.24, 2.45) is 4.99 Å². The van der Waals surface area contributed by atoms with Gasteiger partial charge in [0, 0.05) is 58.0 Å². The van der Waals surface area contributed by atoms with E-state index in [1.165, 1.54) is 19.3 Å². The number of guanidine groups is 1. The van der Waals surface area contributed by atoms with Crippen LogP contribution in [-0.2, 0) is 9.47 Å². The Hall–Kier alpha value is 0.270. The van der Waals surface area contributed by atoms with Crippen molar-refractivity contribution in [1.82, 2.24) is 10.6 Å². The summed E-state index contributed by atoms with van der Waals surface area (Å²) in [5, 5.41) is 7.78. The summed E-state index contributed by atoms with van der Waals surface area (Å²) in [6.07, 6.45) is 7.83. The van der Waals surface area contributed by atoms with Gasteiger partial charge in [-0.2, -0.15) is 11.8 Å². The van der Waals surface area contributed by atoms with Crippen LogP contribution in [0.25, 0.3) is 0 Å². The molecule has 5 nitrogen and oxygen atoms in total. The first-order valence-corrected chi connectivity index (χ1v) is 9.13. The third-order valence-corrected chi connectivity index (χ3v) is 5.79. The van der Waals surface area contributed by atoms with Crippen LogP contribution in [0.3, 0.4) is 0 Å². The lowest BCUT2D eigenvalue weighted by molar-refractivity contribution is -0.0855. The molecule has 2 atom stereocenters. The largest absolute Gasteiger partial charge is 0.381 e. The Labute approximate surface area is 155 Å². The number of hydrogen-bond donors (Lipinski definition) is 2. The topological polar surface area (TPSA) is 54.9 Å². The fourth-order valence-corrected chi connectivity index (χ4v) is 3.91. The lowest BCUT2D eigenvalue weighted by atomic mass is 9.94. The van der Waals surface area contributed by atoms with Crippen molar-refractivity contribution in [3.05, 3.63) is 0 Å². The molecule has 2 unspecified atom stereocenters. The Morgan fingerprint density at radius 1 is 1.36 bits per heavy atom. The van der Waals surface area contributed by atoms with Gasteiger partial charge in [0.15, 0.2) is 5.96 Å². The van der Waals surface area contributed by atoms with Gasteiger partial charge in [0.05, 0.1) is 5.60 Å². The van der Waals surface area contributed by atoms with Crippen LogP contribution in [0.15, 0.2) is 4.99 Å². The monoisotopic (exact) mass is 443 g/mol. The number of hydrogen-bond acceptors (Lipinski definition) is 4. The fraction of sp³-hybridized carbons (Fsp3) is 0.933. The predicted octanol–water partition coefficient (Wildman–Crippen LogP) is 2.25. The van der Waals surface area contributed by atoms with Gasteiger partial charge in [-0.25, -0.2) is 0 Å². The minimum Gasteiger partial charge on any atom is -0.381 e. The molecule has 7 heteroatoms. The van der Waals surface area contributed by atoms with E-state index in [9.17, 15) is 0 Å². The molecule has 0 aromatic rings. The lowest BCUT2D eigenvalue weighted by Gasteiger charge is -2.36. The molecule has 1 aliphatic carbocycles. The molecule has 2 fully saturated rings. The molecule has 1 saturated heterocycles. The summed E-state index contributed by atoms with van der Waals surface area (Å²) in [4.78, 5) is 4.35. The van der Waals surface area contributed by atoms with Gasteiger partial charge in [0.2, 0.25) is 0 Å². The second-order valence-corrected chi connectivity index (χ2v) is 7.08. The third kappa shape index (κ3) is 5.72. The maximum atomic E-state index is 5.75. The Morgan fingerprint density at radius 2 is 2.09 bits per heavy atom. The number of methoxy groups -OCH3 is 1. The average Bonchev–Trinajstić information content (AvgIpc) is 3.00. The summed E-state index contributed by atoms with van der Waals surface area (Å²) >= 11 is 1.98. The molecular formula is C15H30IN3O2S. The zero-order valence-corrected chi connectivity index (χ0v) is 17.0. The highest BCUT2D eigenvalue weighted by Crippen LogP contribution is 2.28. The molecule has 0 bridgehead atoms. The predicted molar refractivity (Wildman–Crippen MR) is 105 cm³/mol. The first kappa shape index (κ1) is 20.3. The van der Waals surface area contributed by atoms with E-state index >= 15 is 0 Å². The summed E-state index contributed by atoms with van der Waals surface area (Å²) in [6.45, 7) is 2.34. The number of halogens is 1. The standard InChI is InChI=1S/C15H29N3O2S.HI/c1-16-14(18-12-4-5-13(10-12)21-3)17-11-15(19-2)6-8-20-9-7-15;/h12-13H,4-11H2,1-3H3,(H2,16,17,18);1H. The van der Waals surface area contributed by atoms with Gasteiger partial charge in [-0.1, -0.05) is 0 Å². The molecule has 0 amide bonds. The van der Waals surface area contributed by atoms with Gasteiger partial charge in [-0.3, -0.25) is 4.99 Å². The average molecular weight is 443 g/mol. The summed E-state index contributed by atoms with van der Waals surface area (Å²) < 4.78 is 11.2. The zero-order chi connectivity index (χ0) is 15.1. The molecule has 22 heavy (non-hydrogen) atoms. The van der Waals surface area contributed by atoms with E-state index in [0.29, 0.717) is 6.04 Å². The molecule has 1 aliphatic heterocycles.